The van der Waals surface area contributed by atoms with E-state index in [4.69, 9.17) is 28.3 Å². The standard InChI is InChI=1S/C14H10Cl2N2O6S/c15-12-5-4-9(7-13(12)16)17(8-14(19)20)25(23,24)11-3-1-2-10(6-11)18(21)22/h1-7H,8H2,(H,19,20). The number of carboxylic acid groups (broad SMARTS) is 1. The molecule has 2 aromatic rings. The number of nitro groups is 1. The van der Waals surface area contributed by atoms with Gasteiger partial charge < -0.3 is 5.11 Å². The van der Waals surface area contributed by atoms with Gasteiger partial charge in [0, 0.05) is 12.1 Å². The molecule has 0 atom stereocenters. The fraction of sp³-hybridized carbons (Fsp3) is 0.0714. The third kappa shape index (κ3) is 4.19. The summed E-state index contributed by atoms with van der Waals surface area (Å²) in [6.45, 7) is -0.900. The highest BCUT2D eigenvalue weighted by molar-refractivity contribution is 7.92. The van der Waals surface area contributed by atoms with Crippen LogP contribution in [0.25, 0.3) is 0 Å². The average molecular weight is 405 g/mol. The van der Waals surface area contributed by atoms with Gasteiger partial charge in [-0.1, -0.05) is 29.3 Å². The molecule has 0 amide bonds. The molecule has 0 unspecified atom stereocenters. The zero-order valence-corrected chi connectivity index (χ0v) is 14.6. The first-order chi connectivity index (χ1) is 11.6. The third-order valence-electron chi connectivity index (χ3n) is 3.09. The number of halogens is 2. The summed E-state index contributed by atoms with van der Waals surface area (Å²) in [6.07, 6.45) is 0. The number of nitrogens with zero attached hydrogens (tertiary/aromatic N) is 2. The van der Waals surface area contributed by atoms with Crippen LogP contribution in [0, 0.1) is 10.1 Å². The van der Waals surface area contributed by atoms with Crippen molar-refractivity contribution in [2.24, 2.45) is 0 Å². The molecule has 8 nitrogen and oxygen atoms in total. The number of carboxylic acids is 1. The van der Waals surface area contributed by atoms with Crippen LogP contribution in [0.4, 0.5) is 11.4 Å². The average Bonchev–Trinajstić information content (AvgIpc) is 2.55. The van der Waals surface area contributed by atoms with Crippen molar-refractivity contribution in [1.82, 2.24) is 0 Å². The van der Waals surface area contributed by atoms with Crippen LogP contribution in [0.2, 0.25) is 10.0 Å². The van der Waals surface area contributed by atoms with E-state index in [2.05, 4.69) is 0 Å². The molecule has 0 aliphatic carbocycles. The van der Waals surface area contributed by atoms with Gasteiger partial charge in [-0.2, -0.15) is 0 Å². The van der Waals surface area contributed by atoms with Gasteiger partial charge in [0.15, 0.2) is 0 Å². The summed E-state index contributed by atoms with van der Waals surface area (Å²) in [5.41, 5.74) is -0.478. The highest BCUT2D eigenvalue weighted by atomic mass is 35.5. The molecular weight excluding hydrogens is 395 g/mol. The van der Waals surface area contributed by atoms with E-state index < -0.39 is 38.0 Å². The topological polar surface area (TPSA) is 118 Å². The van der Waals surface area contributed by atoms with Crippen LogP contribution in [-0.4, -0.2) is 31.0 Å². The summed E-state index contributed by atoms with van der Waals surface area (Å²) >= 11 is 11.7. The summed E-state index contributed by atoms with van der Waals surface area (Å²) in [6, 6.07) is 8.10. The quantitative estimate of drug-likeness (QED) is 0.583. The van der Waals surface area contributed by atoms with Crippen LogP contribution in [0.5, 0.6) is 0 Å². The van der Waals surface area contributed by atoms with Gasteiger partial charge in [-0.25, -0.2) is 8.42 Å². The summed E-state index contributed by atoms with van der Waals surface area (Å²) in [4.78, 5) is 20.8. The molecule has 2 rings (SSSR count). The largest absolute Gasteiger partial charge is 0.480 e. The molecule has 11 heteroatoms. The van der Waals surface area contributed by atoms with Crippen LogP contribution in [0.1, 0.15) is 0 Å². The van der Waals surface area contributed by atoms with Gasteiger partial charge in [0.2, 0.25) is 0 Å². The molecule has 132 valence electrons. The first kappa shape index (κ1) is 19.0. The fourth-order valence-electron chi connectivity index (χ4n) is 1.96. The molecule has 0 heterocycles. The van der Waals surface area contributed by atoms with Crippen molar-refractivity contribution in [3.63, 3.8) is 0 Å². The SMILES string of the molecule is O=C(O)CN(c1ccc(Cl)c(Cl)c1)S(=O)(=O)c1cccc([N+](=O)[O-])c1. The highest BCUT2D eigenvalue weighted by Crippen LogP contribution is 2.31. The predicted octanol–water partition coefficient (Wildman–Crippen LogP) is 3.18. The van der Waals surface area contributed by atoms with E-state index in [9.17, 15) is 23.3 Å². The second-order valence-electron chi connectivity index (χ2n) is 4.76. The summed E-state index contributed by atoms with van der Waals surface area (Å²) in [5.74, 6) is -1.42. The molecule has 25 heavy (non-hydrogen) atoms. The molecule has 1 N–H and O–H groups in total. The van der Waals surface area contributed by atoms with Crippen molar-refractivity contribution in [3.05, 3.63) is 62.6 Å². The Balaban J connectivity index is 2.59. The van der Waals surface area contributed by atoms with Gasteiger partial charge in [-0.05, 0) is 24.3 Å². The molecule has 0 saturated heterocycles. The number of rotatable bonds is 6. The number of carbonyl (C=O) groups is 1. The van der Waals surface area contributed by atoms with Gasteiger partial charge in [0.05, 0.1) is 25.6 Å². The fourth-order valence-corrected chi connectivity index (χ4v) is 3.70. The first-order valence-corrected chi connectivity index (χ1v) is 8.76. The zero-order valence-electron chi connectivity index (χ0n) is 12.3. The Labute approximate surface area is 152 Å². The Morgan fingerprint density at radius 2 is 1.84 bits per heavy atom. The van der Waals surface area contributed by atoms with Crippen molar-refractivity contribution in [2.45, 2.75) is 4.90 Å². The van der Waals surface area contributed by atoms with Gasteiger partial charge in [-0.15, -0.1) is 0 Å². The zero-order chi connectivity index (χ0) is 18.8. The van der Waals surface area contributed by atoms with Gasteiger partial charge >= 0.3 is 5.97 Å². The molecule has 0 fully saturated rings. The lowest BCUT2D eigenvalue weighted by atomic mass is 10.3. The van der Waals surface area contributed by atoms with E-state index in [-0.39, 0.29) is 15.7 Å². The Morgan fingerprint density at radius 3 is 2.40 bits per heavy atom. The van der Waals surface area contributed by atoms with E-state index in [1.54, 1.807) is 0 Å². The minimum atomic E-state index is -4.39. The van der Waals surface area contributed by atoms with Crippen molar-refractivity contribution in [3.8, 4) is 0 Å². The van der Waals surface area contributed by atoms with Crippen molar-refractivity contribution in [1.29, 1.82) is 0 Å². The molecule has 0 bridgehead atoms. The summed E-state index contributed by atoms with van der Waals surface area (Å²) < 4.78 is 26.2. The number of sulfonamides is 1. The second-order valence-corrected chi connectivity index (χ2v) is 7.44. The second kappa shape index (κ2) is 7.26. The molecule has 0 aromatic heterocycles. The maximum atomic E-state index is 12.8. The predicted molar refractivity (Wildman–Crippen MR) is 91.7 cm³/mol. The third-order valence-corrected chi connectivity index (χ3v) is 5.60. The number of non-ortho nitro benzene ring substituents is 1. The monoisotopic (exact) mass is 404 g/mol. The highest BCUT2D eigenvalue weighted by Gasteiger charge is 2.28. The lowest BCUT2D eigenvalue weighted by Crippen LogP contribution is -2.35. The number of benzene rings is 2. The van der Waals surface area contributed by atoms with Crippen LogP contribution in [-0.2, 0) is 14.8 Å². The lowest BCUT2D eigenvalue weighted by Gasteiger charge is -2.23. The van der Waals surface area contributed by atoms with Gasteiger partial charge in [0.25, 0.3) is 15.7 Å². The number of hydrogen-bond acceptors (Lipinski definition) is 5. The van der Waals surface area contributed by atoms with E-state index in [0.29, 0.717) is 4.31 Å². The number of aliphatic carboxylic acids is 1. The Hall–Kier alpha value is -2.36. The van der Waals surface area contributed by atoms with E-state index in [0.717, 1.165) is 18.2 Å². The van der Waals surface area contributed by atoms with Crippen LogP contribution in [0.3, 0.4) is 0 Å². The minimum absolute atomic E-state index is 0.0313. The van der Waals surface area contributed by atoms with Crippen molar-refractivity contribution >= 4 is 50.6 Å². The number of anilines is 1. The summed E-state index contributed by atoms with van der Waals surface area (Å²) in [7, 11) is -4.39. The van der Waals surface area contributed by atoms with E-state index in [1.165, 1.54) is 24.3 Å². The van der Waals surface area contributed by atoms with Crippen molar-refractivity contribution in [2.75, 3.05) is 10.8 Å². The number of nitro benzene ring substituents is 1. The number of hydrogen-bond donors (Lipinski definition) is 1. The molecule has 0 aliphatic heterocycles. The van der Waals surface area contributed by atoms with Crippen LogP contribution in [0.15, 0.2) is 47.4 Å². The molecular formula is C14H10Cl2N2O6S. The molecule has 2 aromatic carbocycles. The van der Waals surface area contributed by atoms with E-state index in [1.807, 2.05) is 0 Å². The molecule has 0 radical (unpaired) electrons. The Kier molecular flexibility index (Phi) is 5.51. The normalized spacial score (nSPS) is 11.1. The Morgan fingerprint density at radius 1 is 1.16 bits per heavy atom. The minimum Gasteiger partial charge on any atom is -0.480 e. The lowest BCUT2D eigenvalue weighted by molar-refractivity contribution is -0.385. The van der Waals surface area contributed by atoms with Crippen molar-refractivity contribution < 1.29 is 23.2 Å². The van der Waals surface area contributed by atoms with E-state index >= 15 is 0 Å². The summed E-state index contributed by atoms with van der Waals surface area (Å²) in [5, 5.41) is 20.1. The maximum Gasteiger partial charge on any atom is 0.324 e. The molecule has 0 saturated carbocycles. The van der Waals surface area contributed by atoms with Crippen LogP contribution < -0.4 is 4.31 Å². The first-order valence-electron chi connectivity index (χ1n) is 6.57. The van der Waals surface area contributed by atoms with Gasteiger partial charge in [0.1, 0.15) is 6.54 Å². The Bertz CT molecular complexity index is 948. The maximum absolute atomic E-state index is 12.8. The smallest absolute Gasteiger partial charge is 0.324 e. The van der Waals surface area contributed by atoms with Crippen LogP contribution >= 0.6 is 23.2 Å². The molecule has 0 spiro atoms. The molecule has 0 aliphatic rings. The van der Waals surface area contributed by atoms with Gasteiger partial charge in [-0.3, -0.25) is 19.2 Å².